The van der Waals surface area contributed by atoms with E-state index in [2.05, 4.69) is 25.1 Å². The first-order valence-corrected chi connectivity index (χ1v) is 12.9. The quantitative estimate of drug-likeness (QED) is 0.171. The first-order valence-electron chi connectivity index (χ1n) is 7.96. The summed E-state index contributed by atoms with van der Waals surface area (Å²) < 4.78 is 44.7. The van der Waals surface area contributed by atoms with Crippen molar-refractivity contribution in [3.63, 3.8) is 0 Å². The molecule has 1 saturated carbocycles. The summed E-state index contributed by atoms with van der Waals surface area (Å²) in [5.74, 6) is 0.170. The van der Waals surface area contributed by atoms with Crippen molar-refractivity contribution >= 4 is 38.2 Å². The fourth-order valence-electron chi connectivity index (χ4n) is 3.08. The summed E-state index contributed by atoms with van der Waals surface area (Å²) in [6, 6.07) is 0.408. The summed E-state index contributed by atoms with van der Waals surface area (Å²) in [5, 5.41) is 0. The van der Waals surface area contributed by atoms with Crippen molar-refractivity contribution in [2.24, 2.45) is 5.92 Å². The number of hydrogen-bond donors (Lipinski definition) is 4. The molecule has 3 unspecified atom stereocenters. The van der Waals surface area contributed by atoms with Gasteiger partial charge in [-0.15, -0.1) is 0 Å². The molecular weight excluding hydrogens is 470 g/mol. The highest BCUT2D eigenvalue weighted by Crippen LogP contribution is 2.54. The van der Waals surface area contributed by atoms with E-state index >= 15 is 0 Å². The SMILES string of the molecule is CO[C@H]1C(n2ccc(=O)[nH]c2=O)C[C@H](/C=C/P(=O)(O)OC)[C@H]1OP(=O)(O)OSS. The van der Waals surface area contributed by atoms with Crippen LogP contribution in [0.3, 0.4) is 0 Å². The zero-order chi connectivity index (χ0) is 21.8. The van der Waals surface area contributed by atoms with Gasteiger partial charge in [0.05, 0.1) is 17.1 Å². The lowest BCUT2D eigenvalue weighted by Crippen LogP contribution is -2.38. The number of aromatic nitrogens is 2. The summed E-state index contributed by atoms with van der Waals surface area (Å²) in [6.45, 7) is 0. The Bertz CT molecular complexity index is 950. The van der Waals surface area contributed by atoms with Gasteiger partial charge in [0.2, 0.25) is 0 Å². The molecule has 0 radical (unpaired) electrons. The Labute approximate surface area is 174 Å². The third-order valence-corrected chi connectivity index (χ3v) is 7.49. The van der Waals surface area contributed by atoms with E-state index in [1.165, 1.54) is 23.9 Å². The molecule has 12 nitrogen and oxygen atoms in total. The number of aromatic amines is 1. The Morgan fingerprint density at radius 1 is 1.31 bits per heavy atom. The van der Waals surface area contributed by atoms with Crippen molar-refractivity contribution in [1.29, 1.82) is 0 Å². The molecule has 1 aliphatic carbocycles. The molecule has 164 valence electrons. The number of methoxy groups -OCH3 is 1. The van der Waals surface area contributed by atoms with Crippen LogP contribution in [0.4, 0.5) is 0 Å². The van der Waals surface area contributed by atoms with Crippen LogP contribution in [0, 0.1) is 5.92 Å². The average Bonchev–Trinajstić information content (AvgIpc) is 2.96. The van der Waals surface area contributed by atoms with Gasteiger partial charge in [0.25, 0.3) is 5.56 Å². The summed E-state index contributed by atoms with van der Waals surface area (Å²) in [6.07, 6.45) is 0.566. The van der Waals surface area contributed by atoms with E-state index in [0.29, 0.717) is 11.1 Å². The van der Waals surface area contributed by atoms with Gasteiger partial charge in [0, 0.05) is 38.2 Å². The maximum atomic E-state index is 12.2. The van der Waals surface area contributed by atoms with E-state index in [0.717, 1.165) is 19.0 Å². The van der Waals surface area contributed by atoms with Crippen molar-refractivity contribution in [1.82, 2.24) is 9.55 Å². The summed E-state index contributed by atoms with van der Waals surface area (Å²) in [7, 11) is -6.24. The van der Waals surface area contributed by atoms with Crippen molar-refractivity contribution in [2.45, 2.75) is 24.7 Å². The molecule has 1 heterocycles. The fraction of sp³-hybridized carbons (Fsp3) is 0.538. The number of hydrogen-bond acceptors (Lipinski definition) is 10. The summed E-state index contributed by atoms with van der Waals surface area (Å²) >= 11 is 3.96. The minimum absolute atomic E-state index is 0.114. The maximum Gasteiger partial charge on any atom is 0.484 e. The van der Waals surface area contributed by atoms with Gasteiger partial charge in [0.1, 0.15) is 12.2 Å². The number of rotatable bonds is 9. The van der Waals surface area contributed by atoms with Crippen LogP contribution in [0.15, 0.2) is 33.7 Å². The normalized spacial score (nSPS) is 29.0. The number of phosphoric ester groups is 1. The van der Waals surface area contributed by atoms with Crippen LogP contribution in [-0.4, -0.2) is 45.8 Å². The van der Waals surface area contributed by atoms with Crippen molar-refractivity contribution in [3.8, 4) is 0 Å². The number of nitrogens with one attached hydrogen (secondary N) is 1. The molecule has 0 aromatic carbocycles. The van der Waals surface area contributed by atoms with Gasteiger partial charge < -0.3 is 19.0 Å². The van der Waals surface area contributed by atoms with Gasteiger partial charge in [0.15, 0.2) is 0 Å². The molecule has 0 spiro atoms. The Kier molecular flexibility index (Phi) is 8.57. The van der Waals surface area contributed by atoms with Crippen LogP contribution in [0.2, 0.25) is 0 Å². The first kappa shape index (κ1) is 24.6. The molecule has 6 atom stereocenters. The molecule has 3 N–H and O–H groups in total. The van der Waals surface area contributed by atoms with Gasteiger partial charge in [-0.2, -0.15) is 0 Å². The second-order valence-corrected chi connectivity index (χ2v) is 10.1. The molecule has 2 rings (SSSR count). The molecule has 1 aromatic heterocycles. The van der Waals surface area contributed by atoms with Gasteiger partial charge >= 0.3 is 21.1 Å². The molecular formula is C13H20N2O10P2S2. The Morgan fingerprint density at radius 3 is 2.55 bits per heavy atom. The summed E-state index contributed by atoms with van der Waals surface area (Å²) in [5.41, 5.74) is -1.31. The highest BCUT2D eigenvalue weighted by Gasteiger charge is 2.48. The van der Waals surface area contributed by atoms with E-state index in [1.54, 1.807) is 0 Å². The lowest BCUT2D eigenvalue weighted by molar-refractivity contribution is -0.0158. The molecule has 1 aliphatic rings. The highest BCUT2D eigenvalue weighted by molar-refractivity contribution is 8.67. The minimum atomic E-state index is -4.57. The Balaban J connectivity index is 2.45. The Morgan fingerprint density at radius 2 is 2.00 bits per heavy atom. The van der Waals surface area contributed by atoms with E-state index in [1.807, 2.05) is 0 Å². The molecule has 0 aliphatic heterocycles. The van der Waals surface area contributed by atoms with Crippen molar-refractivity contribution < 1.29 is 36.7 Å². The molecule has 1 aromatic rings. The zero-order valence-corrected chi connectivity index (χ0v) is 18.7. The number of thiol groups is 1. The molecule has 1 fully saturated rings. The number of nitrogens with zero attached hydrogens (tertiary/aromatic N) is 1. The standard InChI is InChI=1S/C13H20N2O10P2S2/c1-22-12-9(15-5-3-10(16)14-13(15)17)7-8(4-6-26(18,19)23-2)11(12)24-27(20,21)25-29-28/h3-6,8-9,11-12,28H,7H2,1-2H3,(H,18,19)(H,20,21)(H,14,16,17)/b6-4+/t8-,9?,11+,12-/m0/s1. The molecule has 0 amide bonds. The van der Waals surface area contributed by atoms with E-state index in [4.69, 9.17) is 9.26 Å². The van der Waals surface area contributed by atoms with Crippen LogP contribution in [0.5, 0.6) is 0 Å². The van der Waals surface area contributed by atoms with E-state index < -0.39 is 50.8 Å². The monoisotopic (exact) mass is 490 g/mol. The number of phosphoric acid groups is 1. The van der Waals surface area contributed by atoms with Crippen LogP contribution in [0.1, 0.15) is 12.5 Å². The van der Waals surface area contributed by atoms with Crippen molar-refractivity contribution in [3.05, 3.63) is 45.0 Å². The topological polar surface area (TPSA) is 166 Å². The molecule has 16 heteroatoms. The average molecular weight is 490 g/mol. The van der Waals surface area contributed by atoms with Gasteiger partial charge in [-0.3, -0.25) is 23.4 Å². The second kappa shape index (κ2) is 10.1. The smallest absolute Gasteiger partial charge is 0.377 e. The van der Waals surface area contributed by atoms with Gasteiger partial charge in [-0.05, 0) is 6.42 Å². The third kappa shape index (κ3) is 6.41. The van der Waals surface area contributed by atoms with E-state index in [-0.39, 0.29) is 6.42 Å². The van der Waals surface area contributed by atoms with Crippen LogP contribution >= 0.6 is 38.2 Å². The zero-order valence-electron chi connectivity index (χ0n) is 15.2. The molecule has 29 heavy (non-hydrogen) atoms. The predicted octanol–water partition coefficient (Wildman–Crippen LogP) is 1.45. The van der Waals surface area contributed by atoms with Gasteiger partial charge in [-0.25, -0.2) is 13.3 Å². The lowest BCUT2D eigenvalue weighted by Gasteiger charge is -2.26. The second-order valence-electron chi connectivity index (χ2n) is 5.96. The van der Waals surface area contributed by atoms with Crippen LogP contribution in [-0.2, 0) is 26.9 Å². The van der Waals surface area contributed by atoms with Crippen LogP contribution < -0.4 is 11.2 Å². The fourth-order valence-corrected chi connectivity index (χ4v) is 5.46. The molecule has 0 saturated heterocycles. The minimum Gasteiger partial charge on any atom is -0.377 e. The Hall–Kier alpha value is -0.660. The summed E-state index contributed by atoms with van der Waals surface area (Å²) in [4.78, 5) is 45.1. The van der Waals surface area contributed by atoms with Crippen LogP contribution in [0.25, 0.3) is 0 Å². The number of ether oxygens (including phenoxy) is 1. The van der Waals surface area contributed by atoms with Gasteiger partial charge in [-0.1, -0.05) is 17.7 Å². The number of H-pyrrole nitrogens is 1. The van der Waals surface area contributed by atoms with E-state index in [9.17, 15) is 28.5 Å². The van der Waals surface area contributed by atoms with Crippen molar-refractivity contribution in [2.75, 3.05) is 14.2 Å². The lowest BCUT2D eigenvalue weighted by atomic mass is 10.1. The first-order chi connectivity index (χ1) is 13.5. The highest BCUT2D eigenvalue weighted by atomic mass is 33.1. The largest absolute Gasteiger partial charge is 0.484 e. The third-order valence-electron chi connectivity index (χ3n) is 4.28. The molecule has 0 bridgehead atoms. The predicted molar refractivity (Wildman–Crippen MR) is 108 cm³/mol. The maximum absolute atomic E-state index is 12.2.